The lowest BCUT2D eigenvalue weighted by atomic mass is 10.1. The lowest BCUT2D eigenvalue weighted by molar-refractivity contribution is -0.139. The van der Waals surface area contributed by atoms with E-state index in [0.717, 1.165) is 12.8 Å². The second kappa shape index (κ2) is 8.13. The molecule has 0 heterocycles. The fraction of sp³-hybridized carbons (Fsp3) is 0.625. The van der Waals surface area contributed by atoms with Gasteiger partial charge in [-0.1, -0.05) is 12.2 Å². The molecule has 5 N–H and O–H groups in total. The molecule has 1 amide bonds. The average Bonchev–Trinajstić information content (AvgIpc) is 2.15. The second-order valence-corrected chi connectivity index (χ2v) is 3.10. The highest BCUT2D eigenvalue weighted by Crippen LogP contribution is 2.02. The predicted octanol–water partition coefficient (Wildman–Crippen LogP) is -0.347. The summed E-state index contributed by atoms with van der Waals surface area (Å²) < 4.78 is 4.24. The summed E-state index contributed by atoms with van der Waals surface area (Å²) in [4.78, 5) is 21.6. The number of esters is 1. The summed E-state index contributed by atoms with van der Waals surface area (Å²) in [6, 6.07) is -0.637. The van der Waals surface area contributed by atoms with Gasteiger partial charge in [0.05, 0.1) is 5.49 Å². The fourth-order valence-electron chi connectivity index (χ4n) is 1.01. The Bertz CT molecular complexity index is 235. The zero-order valence-corrected chi connectivity index (χ0v) is 9.09. The Kier molecular flexibility index (Phi) is 7.47. The number of carbonyl (C=O) groups is 2. The summed E-state index contributed by atoms with van der Waals surface area (Å²) in [6.07, 6.45) is 0.913. The quantitative estimate of drug-likeness (QED) is 0.240. The van der Waals surface area contributed by atoms with E-state index < -0.39 is 18.1 Å². The molecule has 86 valence electrons. The van der Waals surface area contributed by atoms with Gasteiger partial charge in [0, 0.05) is 0 Å². The molecule has 0 spiro atoms. The molecule has 0 radical (unpaired) electrons. The Morgan fingerprint density at radius 3 is 2.60 bits per heavy atom. The third kappa shape index (κ3) is 6.81. The van der Waals surface area contributed by atoms with Crippen LogP contribution in [0.25, 0.3) is 0 Å². The maximum absolute atomic E-state index is 11.3. The van der Waals surface area contributed by atoms with Gasteiger partial charge < -0.3 is 21.5 Å². The molecule has 0 rings (SSSR count). The number of carbonyl (C=O) groups excluding carboxylic acids is 2. The van der Waals surface area contributed by atoms with E-state index in [2.05, 4.69) is 22.3 Å². The molecule has 0 aliphatic rings. The third-order valence-electron chi connectivity index (χ3n) is 1.70. The molecule has 0 aromatic carbocycles. The minimum Gasteiger partial charge on any atom is -0.375 e. The summed E-state index contributed by atoms with van der Waals surface area (Å²) in [5.74, 6) is -0.722. The van der Waals surface area contributed by atoms with Crippen LogP contribution in [-0.2, 0) is 9.53 Å². The van der Waals surface area contributed by atoms with Gasteiger partial charge in [-0.25, -0.2) is 9.59 Å². The van der Waals surface area contributed by atoms with E-state index in [1.807, 2.05) is 0 Å². The first-order chi connectivity index (χ1) is 7.11. The highest BCUT2D eigenvalue weighted by atomic mass is 32.1. The van der Waals surface area contributed by atoms with Gasteiger partial charge >= 0.3 is 12.1 Å². The van der Waals surface area contributed by atoms with Crippen molar-refractivity contribution in [1.29, 1.82) is 0 Å². The topological polar surface area (TPSA) is 107 Å². The molecule has 0 aliphatic carbocycles. The van der Waals surface area contributed by atoms with E-state index in [0.29, 0.717) is 13.0 Å². The Morgan fingerprint density at radius 2 is 2.13 bits per heavy atom. The molecule has 0 aromatic heterocycles. The van der Waals surface area contributed by atoms with Crippen molar-refractivity contribution < 1.29 is 14.3 Å². The third-order valence-corrected chi connectivity index (χ3v) is 1.84. The Balaban J connectivity index is 4.05. The molecule has 0 bridgehead atoms. The standard InChI is InChI=1S/C8H15N3O3S/c9-4-2-1-3-6(11-5-15)7(12)14-8(10)13/h5-6H,1-4,9H2,(H2,10,13)(H,11,15)/t6-/m0/s1. The SMILES string of the molecule is NCCCC[C@H](NC=S)C(=O)OC(N)=O. The van der Waals surface area contributed by atoms with Crippen LogP contribution < -0.4 is 16.8 Å². The van der Waals surface area contributed by atoms with Crippen LogP contribution in [0.2, 0.25) is 0 Å². The van der Waals surface area contributed by atoms with Gasteiger partial charge in [0.2, 0.25) is 0 Å². The van der Waals surface area contributed by atoms with Gasteiger partial charge in [-0.2, -0.15) is 0 Å². The average molecular weight is 233 g/mol. The zero-order chi connectivity index (χ0) is 11.7. The molecule has 7 heteroatoms. The molecule has 15 heavy (non-hydrogen) atoms. The summed E-state index contributed by atoms with van der Waals surface area (Å²) in [6.45, 7) is 0.551. The lowest BCUT2D eigenvalue weighted by Gasteiger charge is -2.13. The van der Waals surface area contributed by atoms with Gasteiger partial charge in [-0.15, -0.1) is 0 Å². The first kappa shape index (κ1) is 13.8. The van der Waals surface area contributed by atoms with Crippen molar-refractivity contribution in [3.8, 4) is 0 Å². The maximum atomic E-state index is 11.3. The van der Waals surface area contributed by atoms with Crippen molar-refractivity contribution in [3.63, 3.8) is 0 Å². The highest BCUT2D eigenvalue weighted by Gasteiger charge is 2.19. The fourth-order valence-corrected chi connectivity index (χ4v) is 1.18. The highest BCUT2D eigenvalue weighted by molar-refractivity contribution is 7.78. The van der Waals surface area contributed by atoms with E-state index in [1.54, 1.807) is 0 Å². The summed E-state index contributed by atoms with van der Waals surface area (Å²) >= 11 is 4.56. The van der Waals surface area contributed by atoms with Gasteiger partial charge in [0.1, 0.15) is 6.04 Å². The Morgan fingerprint density at radius 1 is 1.47 bits per heavy atom. The number of hydrogen-bond acceptors (Lipinski definition) is 5. The first-order valence-corrected chi connectivity index (χ1v) is 4.99. The van der Waals surface area contributed by atoms with Crippen molar-refractivity contribution in [2.75, 3.05) is 6.54 Å². The van der Waals surface area contributed by atoms with Gasteiger partial charge in [0.25, 0.3) is 0 Å². The summed E-state index contributed by atoms with van der Waals surface area (Å²) in [7, 11) is 0. The summed E-state index contributed by atoms with van der Waals surface area (Å²) in [5.41, 5.74) is 11.2. The minimum atomic E-state index is -1.12. The molecule has 1 atom stereocenters. The molecule has 0 fully saturated rings. The molecule has 0 aliphatic heterocycles. The molecular formula is C8H15N3O3S. The van der Waals surface area contributed by atoms with Crippen LogP contribution in [0.15, 0.2) is 0 Å². The van der Waals surface area contributed by atoms with Crippen LogP contribution in [0.5, 0.6) is 0 Å². The first-order valence-electron chi connectivity index (χ1n) is 4.52. The monoisotopic (exact) mass is 233 g/mol. The van der Waals surface area contributed by atoms with E-state index in [9.17, 15) is 9.59 Å². The van der Waals surface area contributed by atoms with E-state index >= 15 is 0 Å². The van der Waals surface area contributed by atoms with E-state index in [-0.39, 0.29) is 0 Å². The van der Waals surface area contributed by atoms with Gasteiger partial charge in [-0.3, -0.25) is 0 Å². The Hall–Kier alpha value is -1.21. The number of nitrogens with two attached hydrogens (primary N) is 2. The second-order valence-electron chi connectivity index (χ2n) is 2.86. The molecule has 0 saturated heterocycles. The van der Waals surface area contributed by atoms with Gasteiger partial charge in [0.15, 0.2) is 0 Å². The Labute approximate surface area is 93.3 Å². The predicted molar refractivity (Wildman–Crippen MR) is 59.2 cm³/mol. The lowest BCUT2D eigenvalue weighted by Crippen LogP contribution is -2.38. The number of primary amides is 1. The van der Waals surface area contributed by atoms with Crippen LogP contribution in [0.4, 0.5) is 4.79 Å². The molecular weight excluding hydrogens is 218 g/mol. The molecule has 6 nitrogen and oxygen atoms in total. The van der Waals surface area contributed by atoms with Crippen molar-refractivity contribution in [3.05, 3.63) is 0 Å². The number of amides is 1. The number of thiocarbonyl (C=S) groups is 1. The van der Waals surface area contributed by atoms with Crippen LogP contribution in [-0.4, -0.2) is 30.1 Å². The van der Waals surface area contributed by atoms with E-state index in [1.165, 1.54) is 5.49 Å². The minimum absolute atomic E-state index is 0.496. The number of ether oxygens (including phenoxy) is 1. The zero-order valence-electron chi connectivity index (χ0n) is 8.27. The molecule has 0 aromatic rings. The number of rotatable bonds is 7. The van der Waals surface area contributed by atoms with Crippen molar-refractivity contribution in [2.24, 2.45) is 11.5 Å². The smallest absolute Gasteiger partial charge is 0.375 e. The molecule has 0 saturated carbocycles. The number of unbranched alkanes of at least 4 members (excludes halogenated alkanes) is 1. The normalized spacial score (nSPS) is 11.5. The molecule has 0 unspecified atom stereocenters. The van der Waals surface area contributed by atoms with Crippen LogP contribution in [0, 0.1) is 0 Å². The van der Waals surface area contributed by atoms with Crippen LogP contribution >= 0.6 is 12.2 Å². The number of nitrogens with one attached hydrogen (secondary N) is 1. The van der Waals surface area contributed by atoms with Crippen LogP contribution in [0.3, 0.4) is 0 Å². The van der Waals surface area contributed by atoms with Crippen molar-refractivity contribution >= 4 is 29.8 Å². The summed E-state index contributed by atoms with van der Waals surface area (Å²) in [5, 5.41) is 2.61. The van der Waals surface area contributed by atoms with Crippen LogP contribution in [0.1, 0.15) is 19.3 Å². The largest absolute Gasteiger partial charge is 0.412 e. The van der Waals surface area contributed by atoms with Crippen molar-refractivity contribution in [2.45, 2.75) is 25.3 Å². The number of hydrogen-bond donors (Lipinski definition) is 3. The van der Waals surface area contributed by atoms with E-state index in [4.69, 9.17) is 11.5 Å². The van der Waals surface area contributed by atoms with Crippen molar-refractivity contribution in [1.82, 2.24) is 5.32 Å². The van der Waals surface area contributed by atoms with Gasteiger partial charge in [-0.05, 0) is 25.8 Å². The maximum Gasteiger partial charge on any atom is 0.412 e.